The van der Waals surface area contributed by atoms with Gasteiger partial charge in [-0.05, 0) is 25.1 Å². The van der Waals surface area contributed by atoms with Crippen LogP contribution in [0.15, 0.2) is 22.7 Å². The van der Waals surface area contributed by atoms with Gasteiger partial charge in [-0.1, -0.05) is 36.7 Å². The van der Waals surface area contributed by atoms with Crippen LogP contribution in [0.3, 0.4) is 0 Å². The number of halogens is 2. The van der Waals surface area contributed by atoms with Crippen molar-refractivity contribution in [3.05, 3.63) is 46.3 Å². The van der Waals surface area contributed by atoms with Crippen LogP contribution in [0.5, 0.6) is 0 Å². The number of benzene rings is 1. The molecule has 0 saturated heterocycles. The first-order valence-electron chi connectivity index (χ1n) is 7.04. The van der Waals surface area contributed by atoms with Gasteiger partial charge in [0.15, 0.2) is 5.82 Å². The molecule has 114 valence electrons. The van der Waals surface area contributed by atoms with E-state index in [0.29, 0.717) is 34.8 Å². The summed E-state index contributed by atoms with van der Waals surface area (Å²) in [5.74, 6) is 0.673. The molecule has 0 saturated carbocycles. The molecule has 2 aromatic rings. The van der Waals surface area contributed by atoms with Gasteiger partial charge in [-0.15, -0.1) is 0 Å². The molecule has 0 aliphatic heterocycles. The monoisotopic (exact) mass is 311 g/mol. The van der Waals surface area contributed by atoms with Gasteiger partial charge in [-0.25, -0.2) is 4.39 Å². The highest BCUT2D eigenvalue weighted by atomic mass is 35.5. The second-order valence-corrected chi connectivity index (χ2v) is 5.60. The zero-order valence-electron chi connectivity index (χ0n) is 12.2. The molecule has 0 radical (unpaired) electrons. The predicted octanol–water partition coefficient (Wildman–Crippen LogP) is 3.38. The van der Waals surface area contributed by atoms with Gasteiger partial charge in [0.05, 0.1) is 0 Å². The number of nitrogens with zero attached hydrogens (tertiary/aromatic N) is 2. The fourth-order valence-electron chi connectivity index (χ4n) is 1.95. The standard InChI is InChI=1S/C15H19ClFN3O/c1-10(2)18-8-4-7-15-19-14(20-21-15)9-11-12(16)5-3-6-13(11)17/h3,5-6,10,18H,4,7-9H2,1-2H3. The maximum absolute atomic E-state index is 13.7. The van der Waals surface area contributed by atoms with Crippen molar-refractivity contribution in [2.75, 3.05) is 6.54 Å². The van der Waals surface area contributed by atoms with Crippen molar-refractivity contribution in [3.8, 4) is 0 Å². The molecule has 0 fully saturated rings. The molecule has 0 spiro atoms. The topological polar surface area (TPSA) is 51.0 Å². The Morgan fingerprint density at radius 1 is 1.38 bits per heavy atom. The minimum Gasteiger partial charge on any atom is -0.339 e. The summed E-state index contributed by atoms with van der Waals surface area (Å²) in [5, 5.41) is 7.57. The smallest absolute Gasteiger partial charge is 0.226 e. The normalized spacial score (nSPS) is 11.3. The summed E-state index contributed by atoms with van der Waals surface area (Å²) >= 11 is 5.98. The van der Waals surface area contributed by atoms with Crippen LogP contribution in [-0.2, 0) is 12.8 Å². The average Bonchev–Trinajstić information content (AvgIpc) is 2.87. The molecule has 0 amide bonds. The molecule has 1 aromatic heterocycles. The molecule has 0 aliphatic carbocycles. The van der Waals surface area contributed by atoms with Gasteiger partial charge in [-0.3, -0.25) is 0 Å². The maximum atomic E-state index is 13.7. The molecular weight excluding hydrogens is 293 g/mol. The van der Waals surface area contributed by atoms with Crippen molar-refractivity contribution in [1.29, 1.82) is 0 Å². The van der Waals surface area contributed by atoms with E-state index < -0.39 is 0 Å². The van der Waals surface area contributed by atoms with Crippen molar-refractivity contribution in [2.45, 2.75) is 39.2 Å². The Labute approximate surface area is 128 Å². The first kappa shape index (κ1) is 15.9. The van der Waals surface area contributed by atoms with Gasteiger partial charge < -0.3 is 9.84 Å². The Bertz CT molecular complexity index is 566. The number of hydrogen-bond acceptors (Lipinski definition) is 4. The van der Waals surface area contributed by atoms with Gasteiger partial charge in [0, 0.05) is 29.5 Å². The summed E-state index contributed by atoms with van der Waals surface area (Å²) in [4.78, 5) is 4.27. The summed E-state index contributed by atoms with van der Waals surface area (Å²) < 4.78 is 18.9. The van der Waals surface area contributed by atoms with E-state index in [9.17, 15) is 4.39 Å². The maximum Gasteiger partial charge on any atom is 0.226 e. The minimum atomic E-state index is -0.352. The van der Waals surface area contributed by atoms with Crippen LogP contribution in [-0.4, -0.2) is 22.7 Å². The molecular formula is C15H19ClFN3O. The highest BCUT2D eigenvalue weighted by molar-refractivity contribution is 6.31. The van der Waals surface area contributed by atoms with E-state index in [2.05, 4.69) is 29.3 Å². The summed E-state index contributed by atoms with van der Waals surface area (Å²) in [7, 11) is 0. The third-order valence-electron chi connectivity index (χ3n) is 3.03. The Morgan fingerprint density at radius 2 is 2.19 bits per heavy atom. The Balaban J connectivity index is 1.91. The predicted molar refractivity (Wildman–Crippen MR) is 80.0 cm³/mol. The van der Waals surface area contributed by atoms with Crippen LogP contribution in [0.25, 0.3) is 0 Å². The van der Waals surface area contributed by atoms with Crippen molar-refractivity contribution < 1.29 is 8.91 Å². The van der Waals surface area contributed by atoms with Crippen molar-refractivity contribution in [3.63, 3.8) is 0 Å². The molecule has 0 unspecified atom stereocenters. The third-order valence-corrected chi connectivity index (χ3v) is 3.38. The fraction of sp³-hybridized carbons (Fsp3) is 0.467. The first-order valence-corrected chi connectivity index (χ1v) is 7.42. The van der Waals surface area contributed by atoms with Crippen molar-refractivity contribution >= 4 is 11.6 Å². The molecule has 0 aliphatic rings. The van der Waals surface area contributed by atoms with Crippen LogP contribution in [0.4, 0.5) is 4.39 Å². The number of aryl methyl sites for hydroxylation is 1. The number of rotatable bonds is 7. The van der Waals surface area contributed by atoms with Crippen LogP contribution in [0, 0.1) is 5.82 Å². The first-order chi connectivity index (χ1) is 10.1. The van der Waals surface area contributed by atoms with E-state index in [-0.39, 0.29) is 12.2 Å². The van der Waals surface area contributed by atoms with Crippen molar-refractivity contribution in [1.82, 2.24) is 15.5 Å². The van der Waals surface area contributed by atoms with E-state index in [1.807, 2.05) is 0 Å². The molecule has 1 N–H and O–H groups in total. The molecule has 21 heavy (non-hydrogen) atoms. The van der Waals surface area contributed by atoms with E-state index in [1.165, 1.54) is 6.07 Å². The molecule has 0 atom stereocenters. The Kier molecular flexibility index (Phi) is 5.70. The van der Waals surface area contributed by atoms with E-state index in [0.717, 1.165) is 13.0 Å². The molecule has 4 nitrogen and oxygen atoms in total. The lowest BCUT2D eigenvalue weighted by Crippen LogP contribution is -2.23. The van der Waals surface area contributed by atoms with Crippen LogP contribution in [0.1, 0.15) is 37.5 Å². The Morgan fingerprint density at radius 3 is 2.90 bits per heavy atom. The van der Waals surface area contributed by atoms with E-state index >= 15 is 0 Å². The largest absolute Gasteiger partial charge is 0.339 e. The highest BCUT2D eigenvalue weighted by Crippen LogP contribution is 2.21. The minimum absolute atomic E-state index is 0.235. The summed E-state index contributed by atoms with van der Waals surface area (Å²) in [5.41, 5.74) is 0.396. The second-order valence-electron chi connectivity index (χ2n) is 5.19. The summed E-state index contributed by atoms with van der Waals surface area (Å²) in [6, 6.07) is 5.06. The van der Waals surface area contributed by atoms with Gasteiger partial charge in [0.25, 0.3) is 0 Å². The Hall–Kier alpha value is -1.46. The second kappa shape index (κ2) is 7.52. The van der Waals surface area contributed by atoms with Gasteiger partial charge in [0.1, 0.15) is 5.82 Å². The quantitative estimate of drug-likeness (QED) is 0.796. The van der Waals surface area contributed by atoms with Crippen LogP contribution in [0.2, 0.25) is 5.02 Å². The lowest BCUT2D eigenvalue weighted by Gasteiger charge is -2.05. The lowest BCUT2D eigenvalue weighted by atomic mass is 10.1. The average molecular weight is 312 g/mol. The SMILES string of the molecule is CC(C)NCCCc1nc(Cc2c(F)cccc2Cl)no1. The molecule has 0 bridgehead atoms. The zero-order chi connectivity index (χ0) is 15.2. The van der Waals surface area contributed by atoms with Gasteiger partial charge in [-0.2, -0.15) is 4.98 Å². The third kappa shape index (κ3) is 4.79. The summed E-state index contributed by atoms with van der Waals surface area (Å²) in [6.45, 7) is 5.10. The van der Waals surface area contributed by atoms with E-state index in [1.54, 1.807) is 12.1 Å². The molecule has 2 rings (SSSR count). The van der Waals surface area contributed by atoms with E-state index in [4.69, 9.17) is 16.1 Å². The number of hydrogen-bond donors (Lipinski definition) is 1. The number of aromatic nitrogens is 2. The highest BCUT2D eigenvalue weighted by Gasteiger charge is 2.12. The number of nitrogens with one attached hydrogen (secondary N) is 1. The van der Waals surface area contributed by atoms with Crippen LogP contribution >= 0.6 is 11.6 Å². The van der Waals surface area contributed by atoms with Crippen LogP contribution < -0.4 is 5.32 Å². The summed E-state index contributed by atoms with van der Waals surface area (Å²) in [6.07, 6.45) is 1.86. The molecule has 1 aromatic carbocycles. The van der Waals surface area contributed by atoms with Gasteiger partial charge in [0.2, 0.25) is 5.89 Å². The zero-order valence-corrected chi connectivity index (χ0v) is 13.0. The van der Waals surface area contributed by atoms with Gasteiger partial charge >= 0.3 is 0 Å². The lowest BCUT2D eigenvalue weighted by molar-refractivity contribution is 0.369. The van der Waals surface area contributed by atoms with Crippen molar-refractivity contribution in [2.24, 2.45) is 0 Å². The molecule has 6 heteroatoms. The fourth-order valence-corrected chi connectivity index (χ4v) is 2.18. The molecule has 1 heterocycles.